The van der Waals surface area contributed by atoms with Gasteiger partial charge in [0.2, 0.25) is 11.8 Å². The minimum Gasteiger partial charge on any atom is -0.497 e. The number of methoxy groups -OCH3 is 1. The Bertz CT molecular complexity index is 1140. The van der Waals surface area contributed by atoms with Crippen LogP contribution in [0.3, 0.4) is 0 Å². The Hall–Kier alpha value is -3.65. The van der Waals surface area contributed by atoms with Gasteiger partial charge in [0.1, 0.15) is 11.6 Å². The zero-order valence-corrected chi connectivity index (χ0v) is 18.5. The van der Waals surface area contributed by atoms with Crippen molar-refractivity contribution in [2.75, 3.05) is 12.4 Å². The molecule has 2 amide bonds. The van der Waals surface area contributed by atoms with Crippen LogP contribution in [0.4, 0.5) is 5.82 Å². The highest BCUT2D eigenvalue weighted by molar-refractivity contribution is 5.91. The van der Waals surface area contributed by atoms with Gasteiger partial charge in [-0.1, -0.05) is 42.5 Å². The van der Waals surface area contributed by atoms with Crippen molar-refractivity contribution in [2.24, 2.45) is 0 Å². The van der Waals surface area contributed by atoms with Gasteiger partial charge in [0, 0.05) is 24.4 Å². The summed E-state index contributed by atoms with van der Waals surface area (Å²) in [5, 5.41) is 14.2. The molecule has 170 valence electrons. The number of ether oxygens (including phenoxy) is 1. The summed E-state index contributed by atoms with van der Waals surface area (Å²) in [4.78, 5) is 25.3. The van der Waals surface area contributed by atoms with Gasteiger partial charge in [0.25, 0.3) is 0 Å². The zero-order valence-electron chi connectivity index (χ0n) is 18.5. The van der Waals surface area contributed by atoms with Crippen LogP contribution in [0.5, 0.6) is 5.75 Å². The predicted octanol–water partition coefficient (Wildman–Crippen LogP) is 3.26. The van der Waals surface area contributed by atoms with E-state index < -0.39 is 6.29 Å². The topological polar surface area (TPSA) is 97.3 Å². The van der Waals surface area contributed by atoms with Crippen molar-refractivity contribution in [3.8, 4) is 5.75 Å². The van der Waals surface area contributed by atoms with E-state index in [1.165, 1.54) is 0 Å². The Morgan fingerprint density at radius 2 is 1.91 bits per heavy atom. The highest BCUT2D eigenvalue weighted by Crippen LogP contribution is 2.40. The maximum atomic E-state index is 12.8. The Balaban J connectivity index is 1.36. The molecule has 8 nitrogen and oxygen atoms in total. The second-order valence-electron chi connectivity index (χ2n) is 8.55. The molecular formula is C25H27N5O3. The number of benzene rings is 2. The lowest BCUT2D eigenvalue weighted by atomic mass is 10.0. The molecule has 5 rings (SSSR count). The lowest BCUT2D eigenvalue weighted by Gasteiger charge is -2.32. The van der Waals surface area contributed by atoms with E-state index in [0.29, 0.717) is 18.2 Å². The van der Waals surface area contributed by atoms with E-state index in [1.54, 1.807) is 11.8 Å². The second-order valence-corrected chi connectivity index (χ2v) is 8.55. The van der Waals surface area contributed by atoms with Gasteiger partial charge in [-0.2, -0.15) is 5.10 Å². The average Bonchev–Trinajstić information content (AvgIpc) is 3.60. The minimum atomic E-state index is -0.555. The molecule has 0 spiro atoms. The van der Waals surface area contributed by atoms with Crippen molar-refractivity contribution in [3.63, 3.8) is 0 Å². The normalized spacial score (nSPS) is 20.2. The minimum absolute atomic E-state index is 0.0633. The first-order valence-electron chi connectivity index (χ1n) is 11.2. The smallest absolute Gasteiger partial charge is 0.229 e. The van der Waals surface area contributed by atoms with Crippen LogP contribution in [0.2, 0.25) is 0 Å². The molecule has 3 N–H and O–H groups in total. The fourth-order valence-electron chi connectivity index (χ4n) is 4.12. The molecule has 2 heterocycles. The van der Waals surface area contributed by atoms with E-state index in [9.17, 15) is 9.59 Å². The van der Waals surface area contributed by atoms with E-state index in [2.05, 4.69) is 16.0 Å². The van der Waals surface area contributed by atoms with Crippen LogP contribution < -0.4 is 20.7 Å². The summed E-state index contributed by atoms with van der Waals surface area (Å²) < 4.78 is 6.87. The van der Waals surface area contributed by atoms with Crippen LogP contribution in [-0.2, 0) is 16.0 Å². The summed E-state index contributed by atoms with van der Waals surface area (Å²) in [5.41, 5.74) is 2.86. The Labute approximate surface area is 192 Å². The zero-order chi connectivity index (χ0) is 22.8. The summed E-state index contributed by atoms with van der Waals surface area (Å²) >= 11 is 0. The van der Waals surface area contributed by atoms with Gasteiger partial charge in [-0.3, -0.25) is 14.9 Å². The van der Waals surface area contributed by atoms with E-state index in [4.69, 9.17) is 9.84 Å². The Kier molecular flexibility index (Phi) is 5.83. The molecule has 2 aromatic carbocycles. The first kappa shape index (κ1) is 21.2. The molecule has 33 heavy (non-hydrogen) atoms. The first-order valence-corrected chi connectivity index (χ1v) is 11.2. The average molecular weight is 446 g/mol. The molecule has 2 unspecified atom stereocenters. The third-order valence-corrected chi connectivity index (χ3v) is 6.03. The number of nitrogens with one attached hydrogen (secondary N) is 3. The highest BCUT2D eigenvalue weighted by Gasteiger charge is 2.33. The van der Waals surface area contributed by atoms with Gasteiger partial charge in [-0.25, -0.2) is 4.68 Å². The van der Waals surface area contributed by atoms with Crippen LogP contribution in [0, 0.1) is 0 Å². The monoisotopic (exact) mass is 445 g/mol. The van der Waals surface area contributed by atoms with Crippen molar-refractivity contribution >= 4 is 17.6 Å². The fraction of sp³-hybridized carbons (Fsp3) is 0.320. The van der Waals surface area contributed by atoms with E-state index in [-0.39, 0.29) is 24.3 Å². The summed E-state index contributed by atoms with van der Waals surface area (Å²) in [7, 11) is 1.61. The number of aromatic nitrogens is 2. The number of anilines is 1. The number of amides is 2. The number of carbonyl (C=O) groups excluding carboxylic acids is 2. The third-order valence-electron chi connectivity index (χ3n) is 6.03. The molecular weight excluding hydrogens is 418 g/mol. The van der Waals surface area contributed by atoms with Crippen LogP contribution in [0.1, 0.15) is 54.3 Å². The molecule has 1 saturated heterocycles. The maximum Gasteiger partial charge on any atom is 0.229 e. The standard InChI is InChI=1S/C25H27N5O3/c1-33-19-11-7-16(8-12-19)13-23(31)27-22-14-21(18-9-10-18)29-30(22)25-26-20(15-24(32)28-25)17-5-3-2-4-6-17/h2-8,11-12,14,18,20,25-26H,9-10,13,15H2,1H3,(H,27,31)(H,28,32). The van der Waals surface area contributed by atoms with Gasteiger partial charge < -0.3 is 15.4 Å². The summed E-state index contributed by atoms with van der Waals surface area (Å²) in [6.07, 6.45) is 2.20. The predicted molar refractivity (Wildman–Crippen MR) is 124 cm³/mol. The molecule has 3 aromatic rings. The fourth-order valence-corrected chi connectivity index (χ4v) is 4.12. The van der Waals surface area contributed by atoms with Crippen LogP contribution >= 0.6 is 0 Å². The number of hydrogen-bond acceptors (Lipinski definition) is 5. The lowest BCUT2D eigenvalue weighted by Crippen LogP contribution is -2.50. The van der Waals surface area contributed by atoms with Crippen molar-refractivity contribution in [1.82, 2.24) is 20.4 Å². The largest absolute Gasteiger partial charge is 0.497 e. The van der Waals surface area contributed by atoms with Crippen LogP contribution in [0.15, 0.2) is 60.7 Å². The van der Waals surface area contributed by atoms with Crippen LogP contribution in [-0.4, -0.2) is 28.7 Å². The number of hydrogen-bond donors (Lipinski definition) is 3. The van der Waals surface area contributed by atoms with Crippen LogP contribution in [0.25, 0.3) is 0 Å². The molecule has 0 bridgehead atoms. The molecule has 8 heteroatoms. The van der Waals surface area contributed by atoms with Crippen molar-refractivity contribution in [2.45, 2.75) is 43.9 Å². The molecule has 2 aliphatic rings. The first-order chi connectivity index (χ1) is 16.1. The summed E-state index contributed by atoms with van der Waals surface area (Å²) in [6.45, 7) is 0. The maximum absolute atomic E-state index is 12.8. The quantitative estimate of drug-likeness (QED) is 0.519. The van der Waals surface area contributed by atoms with E-state index in [1.807, 2.05) is 60.7 Å². The van der Waals surface area contributed by atoms with Crippen molar-refractivity contribution in [3.05, 3.63) is 77.5 Å². The van der Waals surface area contributed by atoms with Crippen molar-refractivity contribution < 1.29 is 14.3 Å². The molecule has 1 aliphatic heterocycles. The molecule has 0 radical (unpaired) electrons. The van der Waals surface area contributed by atoms with Crippen molar-refractivity contribution in [1.29, 1.82) is 0 Å². The van der Waals surface area contributed by atoms with Gasteiger partial charge in [0.05, 0.1) is 19.2 Å². The summed E-state index contributed by atoms with van der Waals surface area (Å²) in [5.74, 6) is 1.52. The molecule has 2 atom stereocenters. The highest BCUT2D eigenvalue weighted by atomic mass is 16.5. The number of carbonyl (C=O) groups is 2. The molecule has 1 aromatic heterocycles. The molecule has 1 saturated carbocycles. The van der Waals surface area contributed by atoms with Gasteiger partial charge in [-0.15, -0.1) is 0 Å². The van der Waals surface area contributed by atoms with Gasteiger partial charge in [0.15, 0.2) is 6.29 Å². The van der Waals surface area contributed by atoms with E-state index in [0.717, 1.165) is 35.4 Å². The number of nitrogens with zero attached hydrogens (tertiary/aromatic N) is 2. The Morgan fingerprint density at radius 3 is 2.61 bits per heavy atom. The summed E-state index contributed by atoms with van der Waals surface area (Å²) in [6, 6.07) is 19.1. The van der Waals surface area contributed by atoms with Gasteiger partial charge >= 0.3 is 0 Å². The van der Waals surface area contributed by atoms with E-state index >= 15 is 0 Å². The SMILES string of the molecule is COc1ccc(CC(=O)Nc2cc(C3CC3)nn2C2NC(=O)CC(c3ccccc3)N2)cc1. The lowest BCUT2D eigenvalue weighted by molar-refractivity contribution is -0.125. The molecule has 1 aliphatic carbocycles. The molecule has 2 fully saturated rings. The number of rotatable bonds is 7. The van der Waals surface area contributed by atoms with Gasteiger partial charge in [-0.05, 0) is 36.1 Å². The second kappa shape index (κ2) is 9.07. The Morgan fingerprint density at radius 1 is 1.15 bits per heavy atom. The third kappa shape index (κ3) is 4.90.